The van der Waals surface area contributed by atoms with Crippen molar-refractivity contribution in [3.63, 3.8) is 0 Å². The van der Waals surface area contributed by atoms with Gasteiger partial charge in [0, 0.05) is 17.6 Å². The summed E-state index contributed by atoms with van der Waals surface area (Å²) in [5, 5.41) is 8.80. The average Bonchev–Trinajstić information content (AvgIpc) is 2.55. The van der Waals surface area contributed by atoms with Crippen molar-refractivity contribution < 1.29 is 4.74 Å². The van der Waals surface area contributed by atoms with Gasteiger partial charge in [0.1, 0.15) is 17.9 Å². The number of hydrogen-bond acceptors (Lipinski definition) is 4. The zero-order valence-corrected chi connectivity index (χ0v) is 13.0. The third kappa shape index (κ3) is 3.23. The van der Waals surface area contributed by atoms with Crippen LogP contribution in [0.3, 0.4) is 0 Å². The van der Waals surface area contributed by atoms with Crippen molar-refractivity contribution in [1.82, 2.24) is 4.98 Å². The van der Waals surface area contributed by atoms with E-state index < -0.39 is 0 Å². The van der Waals surface area contributed by atoms with Crippen LogP contribution >= 0.6 is 15.9 Å². The summed E-state index contributed by atoms with van der Waals surface area (Å²) in [4.78, 5) is 6.37. The van der Waals surface area contributed by atoms with E-state index in [1.54, 1.807) is 12.3 Å². The van der Waals surface area contributed by atoms with Gasteiger partial charge in [0.2, 0.25) is 0 Å². The molecule has 106 valence electrons. The first-order chi connectivity index (χ1) is 10.3. The highest BCUT2D eigenvalue weighted by molar-refractivity contribution is 9.10. The van der Waals surface area contributed by atoms with Crippen LogP contribution in [0.15, 0.2) is 47.1 Å². The van der Waals surface area contributed by atoms with Gasteiger partial charge in [0.05, 0.1) is 18.5 Å². The SMILES string of the molecule is N#Cc1ccc(N2CCOC(c3cccc(Br)c3)C2)cn1. The number of benzene rings is 1. The van der Waals surface area contributed by atoms with Crippen molar-refractivity contribution in [3.05, 3.63) is 58.3 Å². The second-order valence-corrected chi connectivity index (χ2v) is 5.79. The van der Waals surface area contributed by atoms with Gasteiger partial charge in [0.25, 0.3) is 0 Å². The number of halogens is 1. The first-order valence-electron chi connectivity index (χ1n) is 6.74. The van der Waals surface area contributed by atoms with Crippen LogP contribution in [-0.4, -0.2) is 24.7 Å². The highest BCUT2D eigenvalue weighted by Gasteiger charge is 2.22. The van der Waals surface area contributed by atoms with E-state index in [-0.39, 0.29) is 6.10 Å². The summed E-state index contributed by atoms with van der Waals surface area (Å²) >= 11 is 3.49. The van der Waals surface area contributed by atoms with Crippen LogP contribution in [0.25, 0.3) is 0 Å². The van der Waals surface area contributed by atoms with Gasteiger partial charge in [-0.1, -0.05) is 28.1 Å². The molecule has 1 aliphatic heterocycles. The van der Waals surface area contributed by atoms with E-state index in [1.807, 2.05) is 24.3 Å². The van der Waals surface area contributed by atoms with Crippen molar-refractivity contribution in [1.29, 1.82) is 5.26 Å². The smallest absolute Gasteiger partial charge is 0.140 e. The lowest BCUT2D eigenvalue weighted by molar-refractivity contribution is 0.0397. The maximum atomic E-state index is 8.80. The summed E-state index contributed by atoms with van der Waals surface area (Å²) in [6.07, 6.45) is 1.80. The first kappa shape index (κ1) is 14.1. The predicted molar refractivity (Wildman–Crippen MR) is 84.0 cm³/mol. The Bertz CT molecular complexity index is 666. The standard InChI is InChI=1S/C16H14BrN3O/c17-13-3-1-2-12(8-13)16-11-20(6-7-21-16)15-5-4-14(9-18)19-10-15/h1-5,8,10,16H,6-7,11H2. The van der Waals surface area contributed by atoms with Gasteiger partial charge < -0.3 is 9.64 Å². The van der Waals surface area contributed by atoms with E-state index in [9.17, 15) is 0 Å². The van der Waals surface area contributed by atoms with Crippen LogP contribution in [0, 0.1) is 11.3 Å². The highest BCUT2D eigenvalue weighted by Crippen LogP contribution is 2.27. The highest BCUT2D eigenvalue weighted by atomic mass is 79.9. The Morgan fingerprint density at radius 2 is 2.24 bits per heavy atom. The number of ether oxygens (including phenoxy) is 1. The summed E-state index contributed by atoms with van der Waals surface area (Å²) in [6, 6.07) is 13.9. The third-order valence-electron chi connectivity index (χ3n) is 3.51. The molecule has 1 aliphatic rings. The van der Waals surface area contributed by atoms with E-state index in [2.05, 4.69) is 37.9 Å². The maximum absolute atomic E-state index is 8.80. The molecule has 0 saturated carbocycles. The van der Waals surface area contributed by atoms with Gasteiger partial charge in [-0.15, -0.1) is 0 Å². The Kier molecular flexibility index (Phi) is 4.18. The lowest BCUT2D eigenvalue weighted by atomic mass is 10.1. The molecule has 0 spiro atoms. The van der Waals surface area contributed by atoms with Gasteiger partial charge in [-0.05, 0) is 29.8 Å². The normalized spacial score (nSPS) is 18.3. The minimum Gasteiger partial charge on any atom is -0.370 e. The fourth-order valence-corrected chi connectivity index (χ4v) is 2.85. The second-order valence-electron chi connectivity index (χ2n) is 4.87. The fraction of sp³-hybridized carbons (Fsp3) is 0.250. The van der Waals surface area contributed by atoms with Crippen LogP contribution in [0.1, 0.15) is 17.4 Å². The molecule has 0 amide bonds. The van der Waals surface area contributed by atoms with Crippen LogP contribution < -0.4 is 4.90 Å². The molecule has 4 nitrogen and oxygen atoms in total. The molecule has 21 heavy (non-hydrogen) atoms. The lowest BCUT2D eigenvalue weighted by Crippen LogP contribution is -2.38. The Hall–Kier alpha value is -1.90. The number of nitriles is 1. The van der Waals surface area contributed by atoms with Crippen LogP contribution in [-0.2, 0) is 4.74 Å². The van der Waals surface area contributed by atoms with Gasteiger partial charge in [-0.2, -0.15) is 5.26 Å². The molecular weight excluding hydrogens is 330 g/mol. The van der Waals surface area contributed by atoms with Crippen LogP contribution in [0.5, 0.6) is 0 Å². The summed E-state index contributed by atoms with van der Waals surface area (Å²) in [5.74, 6) is 0. The van der Waals surface area contributed by atoms with Crippen molar-refractivity contribution in [3.8, 4) is 6.07 Å². The summed E-state index contributed by atoms with van der Waals surface area (Å²) in [5.41, 5.74) is 2.63. The molecule has 0 aliphatic carbocycles. The number of hydrogen-bond donors (Lipinski definition) is 0. The van der Waals surface area contributed by atoms with E-state index in [1.165, 1.54) is 0 Å². The molecule has 2 aromatic rings. The Balaban J connectivity index is 1.77. The topological polar surface area (TPSA) is 49.2 Å². The van der Waals surface area contributed by atoms with E-state index >= 15 is 0 Å². The average molecular weight is 344 g/mol. The molecule has 1 fully saturated rings. The van der Waals surface area contributed by atoms with Gasteiger partial charge in [0.15, 0.2) is 0 Å². The lowest BCUT2D eigenvalue weighted by Gasteiger charge is -2.34. The molecular formula is C16H14BrN3O. The molecule has 0 N–H and O–H groups in total. The van der Waals surface area contributed by atoms with Crippen LogP contribution in [0.2, 0.25) is 0 Å². The fourth-order valence-electron chi connectivity index (χ4n) is 2.43. The molecule has 0 radical (unpaired) electrons. The molecule has 5 heteroatoms. The minimum atomic E-state index is 0.0480. The largest absolute Gasteiger partial charge is 0.370 e. The van der Waals surface area contributed by atoms with Crippen molar-refractivity contribution >= 4 is 21.6 Å². The van der Waals surface area contributed by atoms with Crippen LogP contribution in [0.4, 0.5) is 5.69 Å². The number of aromatic nitrogens is 1. The third-order valence-corrected chi connectivity index (χ3v) is 4.01. The van der Waals surface area contributed by atoms with Gasteiger partial charge in [-0.3, -0.25) is 0 Å². The molecule has 1 unspecified atom stereocenters. The summed E-state index contributed by atoms with van der Waals surface area (Å²) < 4.78 is 6.94. The second kappa shape index (κ2) is 6.25. The maximum Gasteiger partial charge on any atom is 0.140 e. The van der Waals surface area contributed by atoms with E-state index in [0.29, 0.717) is 12.3 Å². The minimum absolute atomic E-state index is 0.0480. The molecule has 2 heterocycles. The molecule has 1 aromatic carbocycles. The van der Waals surface area contributed by atoms with Crippen molar-refractivity contribution in [2.45, 2.75) is 6.10 Å². The van der Waals surface area contributed by atoms with Crippen molar-refractivity contribution in [2.75, 3.05) is 24.6 Å². The number of morpholine rings is 1. The van der Waals surface area contributed by atoms with Gasteiger partial charge >= 0.3 is 0 Å². The van der Waals surface area contributed by atoms with Gasteiger partial charge in [-0.25, -0.2) is 4.98 Å². The van der Waals surface area contributed by atoms with Crippen molar-refractivity contribution in [2.24, 2.45) is 0 Å². The zero-order valence-electron chi connectivity index (χ0n) is 11.4. The predicted octanol–water partition coefficient (Wildman–Crippen LogP) is 3.29. The molecule has 1 aromatic heterocycles. The summed E-state index contributed by atoms with van der Waals surface area (Å²) in [7, 11) is 0. The molecule has 0 bridgehead atoms. The zero-order chi connectivity index (χ0) is 14.7. The van der Waals surface area contributed by atoms with E-state index in [0.717, 1.165) is 28.8 Å². The Labute approximate surface area is 132 Å². The first-order valence-corrected chi connectivity index (χ1v) is 7.54. The molecule has 1 atom stereocenters. The Morgan fingerprint density at radius 3 is 2.95 bits per heavy atom. The molecule has 3 rings (SSSR count). The summed E-state index contributed by atoms with van der Waals surface area (Å²) in [6.45, 7) is 2.29. The number of nitrogens with zero attached hydrogens (tertiary/aromatic N) is 3. The van der Waals surface area contributed by atoms with E-state index in [4.69, 9.17) is 10.00 Å². The monoisotopic (exact) mass is 343 g/mol. The number of pyridine rings is 1. The molecule has 1 saturated heterocycles. The quantitative estimate of drug-likeness (QED) is 0.839. The Morgan fingerprint density at radius 1 is 1.33 bits per heavy atom. The number of rotatable bonds is 2. The number of anilines is 1.